The Kier molecular flexibility index (Phi) is 4.64. The molecule has 0 aromatic carbocycles. The monoisotopic (exact) mass is 200 g/mol. The van der Waals surface area contributed by atoms with E-state index in [-0.39, 0.29) is 0 Å². The van der Waals surface area contributed by atoms with Gasteiger partial charge >= 0.3 is 0 Å². The first kappa shape index (κ1) is 11.4. The predicted molar refractivity (Wildman–Crippen MR) is 63.3 cm³/mol. The Bertz CT molecular complexity index is 140. The van der Waals surface area contributed by atoms with Gasteiger partial charge < -0.3 is 0 Å². The van der Waals surface area contributed by atoms with Gasteiger partial charge in [-0.2, -0.15) is 11.8 Å². The Labute approximate surface area is 87.9 Å². The van der Waals surface area contributed by atoms with Crippen LogP contribution in [0.4, 0.5) is 0 Å². The highest BCUT2D eigenvalue weighted by Crippen LogP contribution is 2.39. The maximum Gasteiger partial charge on any atom is 0.00468 e. The summed E-state index contributed by atoms with van der Waals surface area (Å²) in [6.45, 7) is 7.20. The second-order valence-corrected chi connectivity index (χ2v) is 5.88. The Morgan fingerprint density at radius 1 is 1.38 bits per heavy atom. The van der Waals surface area contributed by atoms with Crippen LogP contribution in [-0.4, -0.2) is 11.5 Å². The molecule has 0 bridgehead atoms. The summed E-state index contributed by atoms with van der Waals surface area (Å²) >= 11 is 2.05. The van der Waals surface area contributed by atoms with Gasteiger partial charge in [0.15, 0.2) is 0 Å². The van der Waals surface area contributed by atoms with Gasteiger partial charge in [0.25, 0.3) is 0 Å². The van der Waals surface area contributed by atoms with Crippen molar-refractivity contribution in [2.75, 3.05) is 6.26 Å². The first-order chi connectivity index (χ1) is 6.19. The van der Waals surface area contributed by atoms with Crippen molar-refractivity contribution >= 4 is 11.8 Å². The van der Waals surface area contributed by atoms with Crippen LogP contribution in [0, 0.1) is 17.8 Å². The molecule has 1 rings (SSSR count). The summed E-state index contributed by atoms with van der Waals surface area (Å²) in [5.41, 5.74) is 0. The molecule has 0 aromatic heterocycles. The highest BCUT2D eigenvalue weighted by Gasteiger charge is 2.30. The lowest BCUT2D eigenvalue weighted by atomic mass is 9.73. The first-order valence-corrected chi connectivity index (χ1v) is 7.00. The van der Waals surface area contributed by atoms with E-state index < -0.39 is 0 Å². The van der Waals surface area contributed by atoms with Crippen molar-refractivity contribution in [2.45, 2.75) is 51.7 Å². The van der Waals surface area contributed by atoms with E-state index in [0.717, 1.165) is 23.0 Å². The Hall–Kier alpha value is 0.350. The minimum atomic E-state index is 0.865. The van der Waals surface area contributed by atoms with Crippen molar-refractivity contribution in [1.82, 2.24) is 0 Å². The molecule has 0 nitrogen and oxygen atoms in total. The molecule has 1 aliphatic rings. The van der Waals surface area contributed by atoms with E-state index in [0.29, 0.717) is 0 Å². The summed E-state index contributed by atoms with van der Waals surface area (Å²) in [4.78, 5) is 0. The summed E-state index contributed by atoms with van der Waals surface area (Å²) in [7, 11) is 0. The van der Waals surface area contributed by atoms with Crippen LogP contribution in [0.15, 0.2) is 0 Å². The van der Waals surface area contributed by atoms with Gasteiger partial charge in [0.2, 0.25) is 0 Å². The van der Waals surface area contributed by atoms with Crippen LogP contribution in [0.5, 0.6) is 0 Å². The molecule has 1 fully saturated rings. The zero-order valence-corrected chi connectivity index (χ0v) is 10.4. The molecular formula is C12H24S. The van der Waals surface area contributed by atoms with E-state index in [2.05, 4.69) is 27.0 Å². The van der Waals surface area contributed by atoms with Crippen LogP contribution in [-0.2, 0) is 0 Å². The van der Waals surface area contributed by atoms with Gasteiger partial charge in [0.1, 0.15) is 0 Å². The average Bonchev–Trinajstić information content (AvgIpc) is 2.17. The van der Waals surface area contributed by atoms with Crippen LogP contribution in [0.1, 0.15) is 46.5 Å². The molecule has 0 aliphatic heterocycles. The summed E-state index contributed by atoms with van der Waals surface area (Å²) in [6.07, 6.45) is 8.08. The molecule has 4 atom stereocenters. The third-order valence-corrected chi connectivity index (χ3v) is 5.01. The van der Waals surface area contributed by atoms with E-state index in [4.69, 9.17) is 0 Å². The lowest BCUT2D eigenvalue weighted by Crippen LogP contribution is -2.29. The number of thioether (sulfide) groups is 1. The van der Waals surface area contributed by atoms with Crippen molar-refractivity contribution < 1.29 is 0 Å². The Morgan fingerprint density at radius 2 is 2.08 bits per heavy atom. The summed E-state index contributed by atoms with van der Waals surface area (Å²) in [6, 6.07) is 0. The van der Waals surface area contributed by atoms with Gasteiger partial charge in [0, 0.05) is 5.25 Å². The van der Waals surface area contributed by atoms with Gasteiger partial charge in [0.05, 0.1) is 0 Å². The van der Waals surface area contributed by atoms with Crippen LogP contribution in [0.3, 0.4) is 0 Å². The lowest BCUT2D eigenvalue weighted by Gasteiger charge is -2.37. The molecule has 0 amide bonds. The third-order valence-electron chi connectivity index (χ3n) is 3.92. The third kappa shape index (κ3) is 2.90. The standard InChI is InChI=1S/C12H24S/c1-5-11-7-6-9(2)12(8-11)10(3)13-4/h9-12H,5-8H2,1-4H3. The fraction of sp³-hybridized carbons (Fsp3) is 1.00. The number of hydrogen-bond donors (Lipinski definition) is 0. The molecule has 4 unspecified atom stereocenters. The van der Waals surface area contributed by atoms with Gasteiger partial charge in [-0.05, 0) is 30.4 Å². The van der Waals surface area contributed by atoms with Crippen LogP contribution in [0.25, 0.3) is 0 Å². The van der Waals surface area contributed by atoms with Crippen LogP contribution < -0.4 is 0 Å². The SMILES string of the molecule is CCC1CCC(C)C(C(C)SC)C1. The quantitative estimate of drug-likeness (QED) is 0.658. The lowest BCUT2D eigenvalue weighted by molar-refractivity contribution is 0.189. The van der Waals surface area contributed by atoms with Gasteiger partial charge in [-0.25, -0.2) is 0 Å². The molecule has 13 heavy (non-hydrogen) atoms. The Morgan fingerprint density at radius 3 is 2.62 bits per heavy atom. The second kappa shape index (κ2) is 5.29. The van der Waals surface area contributed by atoms with E-state index in [1.165, 1.54) is 25.7 Å². The molecule has 0 aromatic rings. The van der Waals surface area contributed by atoms with Gasteiger partial charge in [-0.15, -0.1) is 0 Å². The molecule has 0 spiro atoms. The molecule has 1 saturated carbocycles. The molecule has 1 aliphatic carbocycles. The average molecular weight is 200 g/mol. The topological polar surface area (TPSA) is 0 Å². The largest absolute Gasteiger partial charge is 0.162 e. The van der Waals surface area contributed by atoms with Crippen LogP contribution >= 0.6 is 11.8 Å². The zero-order chi connectivity index (χ0) is 9.84. The highest BCUT2D eigenvalue weighted by atomic mass is 32.2. The maximum atomic E-state index is 2.45. The number of rotatable bonds is 3. The molecular weight excluding hydrogens is 176 g/mol. The smallest absolute Gasteiger partial charge is 0.00468 e. The summed E-state index contributed by atoms with van der Waals surface area (Å²) in [5, 5.41) is 0.865. The minimum absolute atomic E-state index is 0.865. The summed E-state index contributed by atoms with van der Waals surface area (Å²) in [5.74, 6) is 2.97. The predicted octanol–water partition coefficient (Wildman–Crippen LogP) is 4.20. The molecule has 0 N–H and O–H groups in total. The van der Waals surface area contributed by atoms with Crippen molar-refractivity contribution in [3.8, 4) is 0 Å². The molecule has 0 radical (unpaired) electrons. The maximum absolute atomic E-state index is 2.45. The molecule has 78 valence electrons. The highest BCUT2D eigenvalue weighted by molar-refractivity contribution is 7.99. The second-order valence-electron chi connectivity index (χ2n) is 4.67. The molecule has 0 saturated heterocycles. The molecule has 0 heterocycles. The zero-order valence-electron chi connectivity index (χ0n) is 9.55. The summed E-state index contributed by atoms with van der Waals surface area (Å²) < 4.78 is 0. The van der Waals surface area contributed by atoms with E-state index in [9.17, 15) is 0 Å². The molecule has 1 heteroatoms. The minimum Gasteiger partial charge on any atom is -0.162 e. The van der Waals surface area contributed by atoms with Gasteiger partial charge in [-0.3, -0.25) is 0 Å². The Balaban J connectivity index is 2.49. The number of hydrogen-bond acceptors (Lipinski definition) is 1. The van der Waals surface area contributed by atoms with Gasteiger partial charge in [-0.1, -0.05) is 40.0 Å². The fourth-order valence-corrected chi connectivity index (χ4v) is 3.38. The van der Waals surface area contributed by atoms with Crippen LogP contribution in [0.2, 0.25) is 0 Å². The fourth-order valence-electron chi connectivity index (χ4n) is 2.65. The van der Waals surface area contributed by atoms with E-state index in [1.54, 1.807) is 0 Å². The van der Waals surface area contributed by atoms with Crippen molar-refractivity contribution in [2.24, 2.45) is 17.8 Å². The van der Waals surface area contributed by atoms with E-state index >= 15 is 0 Å². The van der Waals surface area contributed by atoms with Crippen molar-refractivity contribution in [1.29, 1.82) is 0 Å². The van der Waals surface area contributed by atoms with Crippen molar-refractivity contribution in [3.63, 3.8) is 0 Å². The normalized spacial score (nSPS) is 37.4. The first-order valence-electron chi connectivity index (χ1n) is 5.71. The van der Waals surface area contributed by atoms with Crippen molar-refractivity contribution in [3.05, 3.63) is 0 Å². The van der Waals surface area contributed by atoms with E-state index in [1.807, 2.05) is 11.8 Å².